The molecule has 2 rings (SSSR count). The van der Waals surface area contributed by atoms with Gasteiger partial charge in [0.25, 0.3) is 0 Å². The van der Waals surface area contributed by atoms with E-state index in [1.165, 1.54) is 11.3 Å². The number of benzene rings is 1. The Morgan fingerprint density at radius 1 is 1.26 bits per heavy atom. The molecular weight excluding hydrogens is 414 g/mol. The van der Waals surface area contributed by atoms with E-state index in [2.05, 4.69) is 36.6 Å². The molecule has 2 aromatic rings. The van der Waals surface area contributed by atoms with E-state index >= 15 is 0 Å². The fourth-order valence-electron chi connectivity index (χ4n) is 1.59. The van der Waals surface area contributed by atoms with Crippen molar-refractivity contribution in [2.45, 2.75) is 17.9 Å². The molecule has 1 unspecified atom stereocenters. The van der Waals surface area contributed by atoms with Crippen LogP contribution < -0.4 is 4.72 Å². The van der Waals surface area contributed by atoms with E-state index in [9.17, 15) is 8.42 Å². The lowest BCUT2D eigenvalue weighted by atomic mass is 10.3. The summed E-state index contributed by atoms with van der Waals surface area (Å²) in [5.74, 6) is 0. The van der Waals surface area contributed by atoms with Gasteiger partial charge in [-0.15, -0.1) is 11.3 Å². The first kappa shape index (κ1) is 15.2. The molecule has 7 heteroatoms. The molecule has 0 fully saturated rings. The average Bonchev–Trinajstić information content (AvgIpc) is 2.80. The highest BCUT2D eigenvalue weighted by Crippen LogP contribution is 2.27. The molecule has 19 heavy (non-hydrogen) atoms. The Hall–Kier alpha value is -0.210. The molecule has 1 heterocycles. The highest BCUT2D eigenvalue weighted by Gasteiger charge is 2.21. The smallest absolute Gasteiger partial charge is 0.207 e. The summed E-state index contributed by atoms with van der Waals surface area (Å²) < 4.78 is 28.7. The van der Waals surface area contributed by atoms with Crippen molar-refractivity contribution in [3.05, 3.63) is 49.5 Å². The molecule has 0 aliphatic heterocycles. The van der Waals surface area contributed by atoms with Gasteiger partial charge in [0, 0.05) is 13.8 Å². The predicted octanol–water partition coefficient (Wildman–Crippen LogP) is 4.31. The topological polar surface area (TPSA) is 46.2 Å². The summed E-state index contributed by atoms with van der Waals surface area (Å²) in [7, 11) is -3.54. The molecule has 0 saturated carbocycles. The lowest BCUT2D eigenvalue weighted by Gasteiger charge is -2.14. The predicted molar refractivity (Wildman–Crippen MR) is 84.9 cm³/mol. The van der Waals surface area contributed by atoms with Gasteiger partial charge < -0.3 is 0 Å². The highest BCUT2D eigenvalue weighted by molar-refractivity contribution is 9.11. The molecule has 0 amide bonds. The van der Waals surface area contributed by atoms with Crippen molar-refractivity contribution < 1.29 is 8.42 Å². The maximum atomic E-state index is 12.3. The second-order valence-corrected chi connectivity index (χ2v) is 8.36. The Morgan fingerprint density at radius 3 is 2.58 bits per heavy atom. The van der Waals surface area contributed by atoms with E-state index in [4.69, 9.17) is 0 Å². The van der Waals surface area contributed by atoms with Crippen LogP contribution in [0.5, 0.6) is 0 Å². The number of rotatable bonds is 4. The third-order valence-corrected chi connectivity index (χ3v) is 6.55. The van der Waals surface area contributed by atoms with Crippen LogP contribution in [0.1, 0.15) is 17.8 Å². The second kappa shape index (κ2) is 6.05. The summed E-state index contributed by atoms with van der Waals surface area (Å²) in [6, 6.07) is 8.55. The average molecular weight is 425 g/mol. The van der Waals surface area contributed by atoms with E-state index in [1.807, 2.05) is 24.4 Å². The minimum Gasteiger partial charge on any atom is -0.207 e. The second-order valence-electron chi connectivity index (χ2n) is 3.93. The summed E-state index contributed by atoms with van der Waals surface area (Å²) >= 11 is 8.10. The van der Waals surface area contributed by atoms with E-state index in [-0.39, 0.29) is 10.9 Å². The van der Waals surface area contributed by atoms with Crippen LogP contribution in [0.15, 0.2) is 49.6 Å². The van der Waals surface area contributed by atoms with Gasteiger partial charge >= 0.3 is 0 Å². The molecule has 0 saturated heterocycles. The van der Waals surface area contributed by atoms with Gasteiger partial charge in [-0.3, -0.25) is 0 Å². The van der Waals surface area contributed by atoms with Crippen molar-refractivity contribution in [3.63, 3.8) is 0 Å². The van der Waals surface area contributed by atoms with Crippen molar-refractivity contribution >= 4 is 53.2 Å². The lowest BCUT2D eigenvalue weighted by molar-refractivity contribution is 0.568. The first-order valence-electron chi connectivity index (χ1n) is 5.41. The first-order chi connectivity index (χ1) is 8.90. The van der Waals surface area contributed by atoms with Crippen molar-refractivity contribution in [3.8, 4) is 0 Å². The Labute approximate surface area is 133 Å². The number of thiophene rings is 1. The van der Waals surface area contributed by atoms with E-state index in [0.717, 1.165) is 9.35 Å². The minimum atomic E-state index is -3.54. The Morgan fingerprint density at radius 2 is 2.00 bits per heavy atom. The van der Waals surface area contributed by atoms with Crippen LogP contribution in [0.3, 0.4) is 0 Å². The molecule has 1 atom stereocenters. The third-order valence-electron chi connectivity index (χ3n) is 2.49. The van der Waals surface area contributed by atoms with Crippen LogP contribution in [0.25, 0.3) is 0 Å². The zero-order chi connectivity index (χ0) is 14.0. The van der Waals surface area contributed by atoms with Crippen molar-refractivity contribution in [2.24, 2.45) is 0 Å². The molecule has 0 spiro atoms. The van der Waals surface area contributed by atoms with Gasteiger partial charge in [-0.1, -0.05) is 22.0 Å². The zero-order valence-corrected chi connectivity index (χ0v) is 14.7. The SMILES string of the molecule is CC(NS(=O)(=O)c1ccc(Br)cc1Br)c1cccs1. The zero-order valence-electron chi connectivity index (χ0n) is 9.93. The lowest BCUT2D eigenvalue weighted by Crippen LogP contribution is -2.26. The summed E-state index contributed by atoms with van der Waals surface area (Å²) in [5, 5.41) is 1.93. The molecule has 0 aliphatic rings. The van der Waals surface area contributed by atoms with Crippen LogP contribution in [-0.2, 0) is 10.0 Å². The fourth-order valence-corrected chi connectivity index (χ4v) is 5.36. The molecule has 1 aromatic heterocycles. The normalized spacial score (nSPS) is 13.4. The van der Waals surface area contributed by atoms with Crippen LogP contribution in [0.4, 0.5) is 0 Å². The number of halogens is 2. The molecule has 0 bridgehead atoms. The number of hydrogen-bond donors (Lipinski definition) is 1. The van der Waals surface area contributed by atoms with Crippen LogP contribution in [0.2, 0.25) is 0 Å². The van der Waals surface area contributed by atoms with Gasteiger partial charge in [0.2, 0.25) is 10.0 Å². The monoisotopic (exact) mass is 423 g/mol. The van der Waals surface area contributed by atoms with Gasteiger partial charge in [0.05, 0.1) is 10.9 Å². The molecular formula is C12H11Br2NO2S2. The summed E-state index contributed by atoms with van der Waals surface area (Å²) in [6.45, 7) is 1.83. The fraction of sp³-hybridized carbons (Fsp3) is 0.167. The number of sulfonamides is 1. The largest absolute Gasteiger partial charge is 0.242 e. The number of hydrogen-bond acceptors (Lipinski definition) is 3. The van der Waals surface area contributed by atoms with Crippen molar-refractivity contribution in [1.82, 2.24) is 4.72 Å². The van der Waals surface area contributed by atoms with Gasteiger partial charge in [-0.05, 0) is 52.5 Å². The third kappa shape index (κ3) is 3.66. The van der Waals surface area contributed by atoms with Crippen LogP contribution in [0, 0.1) is 0 Å². The summed E-state index contributed by atoms with van der Waals surface area (Å²) in [4.78, 5) is 1.22. The minimum absolute atomic E-state index is 0.235. The van der Waals surface area contributed by atoms with Crippen molar-refractivity contribution in [1.29, 1.82) is 0 Å². The molecule has 0 radical (unpaired) electrons. The van der Waals surface area contributed by atoms with Gasteiger partial charge in [0.15, 0.2) is 0 Å². The molecule has 1 aromatic carbocycles. The quantitative estimate of drug-likeness (QED) is 0.794. The Kier molecular flexibility index (Phi) is 4.84. The molecule has 102 valence electrons. The van der Waals surface area contributed by atoms with E-state index in [1.54, 1.807) is 18.2 Å². The summed E-state index contributed by atoms with van der Waals surface area (Å²) in [6.07, 6.45) is 0. The first-order valence-corrected chi connectivity index (χ1v) is 9.36. The van der Waals surface area contributed by atoms with Gasteiger partial charge in [-0.25, -0.2) is 13.1 Å². The van der Waals surface area contributed by atoms with Crippen LogP contribution >= 0.6 is 43.2 Å². The maximum absolute atomic E-state index is 12.3. The maximum Gasteiger partial charge on any atom is 0.242 e. The molecule has 0 aliphatic carbocycles. The van der Waals surface area contributed by atoms with Crippen molar-refractivity contribution in [2.75, 3.05) is 0 Å². The van der Waals surface area contributed by atoms with Gasteiger partial charge in [0.1, 0.15) is 0 Å². The summed E-state index contributed by atoms with van der Waals surface area (Å²) in [5.41, 5.74) is 0. The van der Waals surface area contributed by atoms with E-state index in [0.29, 0.717) is 4.47 Å². The Balaban J connectivity index is 2.28. The van der Waals surface area contributed by atoms with Gasteiger partial charge in [-0.2, -0.15) is 0 Å². The Bertz CT molecular complexity index is 669. The highest BCUT2D eigenvalue weighted by atomic mass is 79.9. The molecule has 1 N–H and O–H groups in total. The standard InChI is InChI=1S/C12H11Br2NO2S2/c1-8(11-3-2-6-18-11)15-19(16,17)12-5-4-9(13)7-10(12)14/h2-8,15H,1H3. The molecule has 3 nitrogen and oxygen atoms in total. The van der Waals surface area contributed by atoms with E-state index < -0.39 is 10.0 Å². The van der Waals surface area contributed by atoms with Crippen LogP contribution in [-0.4, -0.2) is 8.42 Å². The number of nitrogens with one attached hydrogen (secondary N) is 1.